The van der Waals surface area contributed by atoms with E-state index in [1.54, 1.807) is 11.8 Å². The Morgan fingerprint density at radius 2 is 1.79 bits per heavy atom. The maximum absolute atomic E-state index is 5.43. The van der Waals surface area contributed by atoms with Crippen LogP contribution in [0.15, 0.2) is 17.2 Å². The van der Waals surface area contributed by atoms with Gasteiger partial charge in [0.2, 0.25) is 0 Å². The highest BCUT2D eigenvalue weighted by molar-refractivity contribution is 7.98. The zero-order valence-corrected chi connectivity index (χ0v) is 12.9. The van der Waals surface area contributed by atoms with Crippen molar-refractivity contribution in [1.29, 1.82) is 0 Å². The number of aryl methyl sites for hydroxylation is 3. The molecule has 0 radical (unpaired) electrons. The second-order valence-corrected chi connectivity index (χ2v) is 5.63. The quantitative estimate of drug-likeness (QED) is 0.614. The lowest BCUT2D eigenvalue weighted by Crippen LogP contribution is -2.03. The Bertz CT molecular complexity index is 653. The average Bonchev–Trinajstić information content (AvgIpc) is 2.67. The van der Waals surface area contributed by atoms with Crippen LogP contribution in [-0.2, 0) is 14.1 Å². The van der Waals surface area contributed by atoms with Crippen molar-refractivity contribution in [3.8, 4) is 11.4 Å². The molecule has 0 aromatic carbocycles. The van der Waals surface area contributed by atoms with E-state index in [2.05, 4.69) is 30.4 Å². The minimum absolute atomic E-state index is 0. The van der Waals surface area contributed by atoms with Gasteiger partial charge in [-0.1, -0.05) is 25.7 Å². The Kier molecular flexibility index (Phi) is 4.98. The van der Waals surface area contributed by atoms with Gasteiger partial charge in [-0.3, -0.25) is 4.68 Å². The molecule has 0 aliphatic heterocycles. The van der Waals surface area contributed by atoms with E-state index in [0.29, 0.717) is 0 Å². The van der Waals surface area contributed by atoms with Crippen molar-refractivity contribution < 1.29 is 0 Å². The summed E-state index contributed by atoms with van der Waals surface area (Å²) in [4.78, 5) is 0. The predicted molar refractivity (Wildman–Crippen MR) is 86.4 cm³/mol. The number of thioether (sulfide) groups is 1. The van der Waals surface area contributed by atoms with Crippen molar-refractivity contribution >= 4 is 24.0 Å². The first-order valence-electron chi connectivity index (χ1n) is 5.71. The highest BCUT2D eigenvalue weighted by atomic mass is 32.2. The van der Waals surface area contributed by atoms with Gasteiger partial charge in [-0.25, -0.2) is 0 Å². The molecule has 0 saturated heterocycles. The number of aromatic nitrogens is 3. The van der Waals surface area contributed by atoms with Gasteiger partial charge in [0.05, 0.1) is 10.7 Å². The van der Waals surface area contributed by atoms with E-state index in [1.165, 1.54) is 5.56 Å². The second kappa shape index (κ2) is 5.92. The molecule has 0 unspecified atom stereocenters. The van der Waals surface area contributed by atoms with Crippen molar-refractivity contribution in [2.45, 2.75) is 26.3 Å². The molecule has 0 fully saturated rings. The lowest BCUT2D eigenvalue weighted by Gasteiger charge is -2.12. The van der Waals surface area contributed by atoms with E-state index in [-0.39, 0.29) is 7.43 Å². The van der Waals surface area contributed by atoms with E-state index in [9.17, 15) is 0 Å². The molecule has 0 spiro atoms. The molecule has 2 aromatic rings. The Morgan fingerprint density at radius 1 is 1.16 bits per heavy atom. The lowest BCUT2D eigenvalue weighted by atomic mass is 10.1. The maximum atomic E-state index is 5.43. The number of nitrogens with zero attached hydrogens (tertiary/aromatic N) is 3. The summed E-state index contributed by atoms with van der Waals surface area (Å²) in [5, 5.41) is 5.72. The summed E-state index contributed by atoms with van der Waals surface area (Å²) in [6.45, 7) is 4.15. The molecule has 0 atom stereocenters. The minimum atomic E-state index is 0. The van der Waals surface area contributed by atoms with Gasteiger partial charge >= 0.3 is 0 Å². The normalized spacial score (nSPS) is 10.4. The molecule has 0 saturated carbocycles. The summed E-state index contributed by atoms with van der Waals surface area (Å²) in [6, 6.07) is 4.24. The fraction of sp³-hybridized carbons (Fsp3) is 0.429. The third-order valence-corrected chi connectivity index (χ3v) is 4.47. The van der Waals surface area contributed by atoms with E-state index < -0.39 is 0 Å². The highest BCUT2D eigenvalue weighted by Crippen LogP contribution is 2.26. The smallest absolute Gasteiger partial charge is 0.110 e. The van der Waals surface area contributed by atoms with Crippen molar-refractivity contribution in [1.82, 2.24) is 14.3 Å². The van der Waals surface area contributed by atoms with Crippen LogP contribution in [0.4, 0.5) is 0 Å². The minimum Gasteiger partial charge on any atom is -0.333 e. The Hall–Kier alpha value is -1.07. The Morgan fingerprint density at radius 3 is 2.32 bits per heavy atom. The number of pyridine rings is 1. The molecule has 0 amide bonds. The topological polar surface area (TPSA) is 22.8 Å². The lowest BCUT2D eigenvalue weighted by molar-refractivity contribution is 0.699. The molecule has 0 N–H and O–H groups in total. The molecular weight excluding hydrogens is 274 g/mol. The van der Waals surface area contributed by atoms with E-state index in [0.717, 1.165) is 26.6 Å². The summed E-state index contributed by atoms with van der Waals surface area (Å²) < 4.78 is 4.82. The van der Waals surface area contributed by atoms with Crippen LogP contribution in [-0.4, -0.2) is 20.6 Å². The molecule has 5 heteroatoms. The fourth-order valence-electron chi connectivity index (χ4n) is 2.22. The largest absolute Gasteiger partial charge is 0.333 e. The zero-order valence-electron chi connectivity index (χ0n) is 11.3. The van der Waals surface area contributed by atoms with Gasteiger partial charge in [-0.05, 0) is 37.3 Å². The number of hydrogen-bond donors (Lipinski definition) is 0. The third kappa shape index (κ3) is 2.77. The van der Waals surface area contributed by atoms with Crippen LogP contribution >= 0.6 is 24.0 Å². The molecular formula is C14H21N3S2. The standard InChI is InChI=1S/C13H17N3S2.CH4/c1-8-6-9(2)13(17)15(3)12(8)10-7-11(18-5)16(4)14-10;/h6-7H,1-5H3;1H4. The molecule has 2 aromatic heterocycles. The predicted octanol–water partition coefficient (Wildman–Crippen LogP) is 4.13. The van der Waals surface area contributed by atoms with Gasteiger partial charge in [0, 0.05) is 14.1 Å². The first-order valence-corrected chi connectivity index (χ1v) is 7.34. The summed E-state index contributed by atoms with van der Waals surface area (Å²) in [7, 11) is 3.97. The average molecular weight is 295 g/mol. The zero-order chi connectivity index (χ0) is 13.4. The van der Waals surface area contributed by atoms with Crippen LogP contribution in [0, 0.1) is 18.5 Å². The van der Waals surface area contributed by atoms with Crippen LogP contribution in [0.25, 0.3) is 11.4 Å². The van der Waals surface area contributed by atoms with Gasteiger partial charge in [-0.15, -0.1) is 11.8 Å². The van der Waals surface area contributed by atoms with Gasteiger partial charge in [0.25, 0.3) is 0 Å². The monoisotopic (exact) mass is 295 g/mol. The van der Waals surface area contributed by atoms with Gasteiger partial charge in [-0.2, -0.15) is 5.10 Å². The molecule has 0 bridgehead atoms. The van der Waals surface area contributed by atoms with E-state index in [4.69, 9.17) is 12.2 Å². The SMILES string of the molecule is C.CSc1cc(-c2c(C)cc(C)c(=S)n2C)nn1C. The van der Waals surface area contributed by atoms with Crippen LogP contribution in [0.2, 0.25) is 0 Å². The van der Waals surface area contributed by atoms with Crippen molar-refractivity contribution in [2.24, 2.45) is 14.1 Å². The molecule has 3 nitrogen and oxygen atoms in total. The first-order chi connectivity index (χ1) is 8.45. The van der Waals surface area contributed by atoms with Gasteiger partial charge in [0.15, 0.2) is 0 Å². The van der Waals surface area contributed by atoms with Crippen LogP contribution in [0.3, 0.4) is 0 Å². The summed E-state index contributed by atoms with van der Waals surface area (Å²) in [5.41, 5.74) is 4.42. The maximum Gasteiger partial charge on any atom is 0.110 e. The molecule has 0 aliphatic rings. The second-order valence-electron chi connectivity index (χ2n) is 4.42. The van der Waals surface area contributed by atoms with Gasteiger partial charge in [0.1, 0.15) is 10.3 Å². The van der Waals surface area contributed by atoms with Crippen LogP contribution in [0.5, 0.6) is 0 Å². The van der Waals surface area contributed by atoms with E-state index in [1.807, 2.05) is 30.3 Å². The number of hydrogen-bond acceptors (Lipinski definition) is 3. The summed E-state index contributed by atoms with van der Waals surface area (Å²) in [5.74, 6) is 0. The molecule has 19 heavy (non-hydrogen) atoms. The Labute approximate surface area is 124 Å². The van der Waals surface area contributed by atoms with Gasteiger partial charge < -0.3 is 4.57 Å². The highest BCUT2D eigenvalue weighted by Gasteiger charge is 2.12. The van der Waals surface area contributed by atoms with Crippen molar-refractivity contribution in [2.75, 3.05) is 6.26 Å². The van der Waals surface area contributed by atoms with Crippen LogP contribution in [0.1, 0.15) is 18.6 Å². The fourth-order valence-corrected chi connectivity index (χ4v) is 2.90. The summed E-state index contributed by atoms with van der Waals surface area (Å²) in [6.07, 6.45) is 2.06. The number of rotatable bonds is 2. The first kappa shape index (κ1) is 16.0. The van der Waals surface area contributed by atoms with Crippen molar-refractivity contribution in [3.05, 3.63) is 27.9 Å². The molecule has 2 rings (SSSR count). The molecule has 2 heterocycles. The summed E-state index contributed by atoms with van der Waals surface area (Å²) >= 11 is 7.13. The van der Waals surface area contributed by atoms with Crippen LogP contribution < -0.4 is 0 Å². The Balaban J connectivity index is 0.00000180. The molecule has 0 aliphatic carbocycles. The molecule has 104 valence electrons. The third-order valence-electron chi connectivity index (χ3n) is 3.07. The van der Waals surface area contributed by atoms with E-state index >= 15 is 0 Å². The van der Waals surface area contributed by atoms with Crippen molar-refractivity contribution in [3.63, 3.8) is 0 Å².